The highest BCUT2D eigenvalue weighted by Gasteiger charge is 2.38. The molecule has 72 valence electrons. The zero-order chi connectivity index (χ0) is 9.42. The highest BCUT2D eigenvalue weighted by Crippen LogP contribution is 2.17. The molecule has 5 nitrogen and oxygen atoms in total. The second-order valence-electron chi connectivity index (χ2n) is 3.57. The molecule has 0 radical (unpaired) electrons. The van der Waals surface area contributed by atoms with E-state index in [9.17, 15) is 14.7 Å². The van der Waals surface area contributed by atoms with E-state index in [1.165, 1.54) is 0 Å². The van der Waals surface area contributed by atoms with Gasteiger partial charge in [0.25, 0.3) is 0 Å². The SMILES string of the molecule is O=C1CC(N2CC[C@@H](O)C2)C(=O)N1. The largest absolute Gasteiger partial charge is 0.392 e. The lowest BCUT2D eigenvalue weighted by Crippen LogP contribution is -2.39. The minimum Gasteiger partial charge on any atom is -0.392 e. The number of hydrogen-bond acceptors (Lipinski definition) is 4. The van der Waals surface area contributed by atoms with Crippen LogP contribution in [0.5, 0.6) is 0 Å². The summed E-state index contributed by atoms with van der Waals surface area (Å²) < 4.78 is 0. The maximum Gasteiger partial charge on any atom is 0.244 e. The van der Waals surface area contributed by atoms with Gasteiger partial charge >= 0.3 is 0 Å². The molecule has 0 aromatic heterocycles. The normalized spacial score (nSPS) is 35.5. The Morgan fingerprint density at radius 1 is 1.46 bits per heavy atom. The van der Waals surface area contributed by atoms with Crippen LogP contribution in [0.15, 0.2) is 0 Å². The predicted molar refractivity (Wildman–Crippen MR) is 43.8 cm³/mol. The summed E-state index contributed by atoms with van der Waals surface area (Å²) >= 11 is 0. The van der Waals surface area contributed by atoms with Gasteiger partial charge in [-0.2, -0.15) is 0 Å². The summed E-state index contributed by atoms with van der Waals surface area (Å²) in [7, 11) is 0. The molecule has 2 aliphatic heterocycles. The molecule has 1 unspecified atom stereocenters. The maximum atomic E-state index is 11.2. The molecule has 0 bridgehead atoms. The first-order valence-corrected chi connectivity index (χ1v) is 4.42. The van der Waals surface area contributed by atoms with E-state index in [0.29, 0.717) is 19.5 Å². The Labute approximate surface area is 75.7 Å². The Bertz CT molecular complexity index is 254. The van der Waals surface area contributed by atoms with Crippen LogP contribution in [0.1, 0.15) is 12.8 Å². The fourth-order valence-corrected chi connectivity index (χ4v) is 1.89. The number of rotatable bonds is 1. The van der Waals surface area contributed by atoms with Crippen LogP contribution in [0, 0.1) is 0 Å². The molecular formula is C8H12N2O3. The number of hydrogen-bond donors (Lipinski definition) is 2. The summed E-state index contributed by atoms with van der Waals surface area (Å²) in [6, 6.07) is -0.343. The molecule has 2 fully saturated rings. The summed E-state index contributed by atoms with van der Waals surface area (Å²) in [6.07, 6.45) is 0.590. The Hall–Kier alpha value is -0.940. The molecule has 2 rings (SSSR count). The van der Waals surface area contributed by atoms with Gasteiger partial charge in [0, 0.05) is 13.1 Å². The number of imide groups is 1. The van der Waals surface area contributed by atoms with Crippen LogP contribution in [-0.2, 0) is 9.59 Å². The highest BCUT2D eigenvalue weighted by atomic mass is 16.3. The quantitative estimate of drug-likeness (QED) is 0.485. The minimum absolute atomic E-state index is 0.212. The van der Waals surface area contributed by atoms with Crippen molar-refractivity contribution in [2.45, 2.75) is 25.0 Å². The summed E-state index contributed by atoms with van der Waals surface area (Å²) in [5.41, 5.74) is 0. The van der Waals surface area contributed by atoms with Crippen LogP contribution in [-0.4, -0.2) is 47.1 Å². The molecule has 2 atom stereocenters. The van der Waals surface area contributed by atoms with Crippen LogP contribution in [0.25, 0.3) is 0 Å². The summed E-state index contributed by atoms with van der Waals surface area (Å²) in [5.74, 6) is -0.435. The Morgan fingerprint density at radius 3 is 2.69 bits per heavy atom. The first-order valence-electron chi connectivity index (χ1n) is 4.42. The van der Waals surface area contributed by atoms with E-state index in [2.05, 4.69) is 5.32 Å². The number of nitrogens with zero attached hydrogens (tertiary/aromatic N) is 1. The van der Waals surface area contributed by atoms with Crippen molar-refractivity contribution in [3.63, 3.8) is 0 Å². The lowest BCUT2D eigenvalue weighted by atomic mass is 10.2. The Kier molecular flexibility index (Phi) is 2.05. The molecule has 0 spiro atoms. The van der Waals surface area contributed by atoms with Gasteiger partial charge in [-0.15, -0.1) is 0 Å². The van der Waals surface area contributed by atoms with Gasteiger partial charge in [0.15, 0.2) is 0 Å². The lowest BCUT2D eigenvalue weighted by Gasteiger charge is -2.19. The molecule has 0 aromatic rings. The number of likely N-dealkylation sites (tertiary alicyclic amines) is 1. The van der Waals surface area contributed by atoms with Crippen LogP contribution in [0.4, 0.5) is 0 Å². The van der Waals surface area contributed by atoms with Crippen molar-refractivity contribution in [1.29, 1.82) is 0 Å². The average molecular weight is 184 g/mol. The highest BCUT2D eigenvalue weighted by molar-refractivity contribution is 6.05. The van der Waals surface area contributed by atoms with E-state index in [-0.39, 0.29) is 30.4 Å². The molecule has 2 amide bonds. The van der Waals surface area contributed by atoms with Crippen LogP contribution in [0.3, 0.4) is 0 Å². The molecule has 2 aliphatic rings. The molecule has 0 aliphatic carbocycles. The summed E-state index contributed by atoms with van der Waals surface area (Å²) in [4.78, 5) is 24.0. The third-order valence-electron chi connectivity index (χ3n) is 2.58. The zero-order valence-electron chi connectivity index (χ0n) is 7.19. The number of aliphatic hydroxyl groups excluding tert-OH is 1. The lowest BCUT2D eigenvalue weighted by molar-refractivity contribution is -0.126. The second kappa shape index (κ2) is 3.08. The molecule has 0 saturated carbocycles. The standard InChI is InChI=1S/C8H12N2O3/c11-5-1-2-10(4-5)6-3-7(12)9-8(6)13/h5-6,11H,1-4H2,(H,9,12,13)/t5-,6?/m1/s1. The maximum absolute atomic E-state index is 11.2. The number of aliphatic hydroxyl groups is 1. The monoisotopic (exact) mass is 184 g/mol. The van der Waals surface area contributed by atoms with Gasteiger partial charge in [-0.05, 0) is 6.42 Å². The number of nitrogens with one attached hydrogen (secondary N) is 1. The van der Waals surface area contributed by atoms with E-state index in [1.54, 1.807) is 0 Å². The topological polar surface area (TPSA) is 69.6 Å². The first kappa shape index (κ1) is 8.65. The van der Waals surface area contributed by atoms with Crippen LogP contribution >= 0.6 is 0 Å². The third-order valence-corrected chi connectivity index (χ3v) is 2.58. The smallest absolute Gasteiger partial charge is 0.244 e. The second-order valence-corrected chi connectivity index (χ2v) is 3.57. The van der Waals surface area contributed by atoms with Crippen LogP contribution < -0.4 is 5.32 Å². The van der Waals surface area contributed by atoms with Crippen molar-refractivity contribution >= 4 is 11.8 Å². The van der Waals surface area contributed by atoms with Crippen molar-refractivity contribution in [1.82, 2.24) is 10.2 Å². The van der Waals surface area contributed by atoms with Crippen molar-refractivity contribution in [3.05, 3.63) is 0 Å². The Balaban J connectivity index is 2.01. The van der Waals surface area contributed by atoms with Gasteiger partial charge in [0.2, 0.25) is 11.8 Å². The summed E-state index contributed by atoms with van der Waals surface area (Å²) in [6.45, 7) is 1.21. The van der Waals surface area contributed by atoms with E-state index >= 15 is 0 Å². The molecular weight excluding hydrogens is 172 g/mol. The fraction of sp³-hybridized carbons (Fsp3) is 0.750. The van der Waals surface area contributed by atoms with Gasteiger partial charge < -0.3 is 5.11 Å². The van der Waals surface area contributed by atoms with E-state index in [0.717, 1.165) is 0 Å². The molecule has 2 heterocycles. The van der Waals surface area contributed by atoms with Gasteiger partial charge in [0.1, 0.15) is 0 Å². The third kappa shape index (κ3) is 1.57. The van der Waals surface area contributed by atoms with Crippen LogP contribution in [0.2, 0.25) is 0 Å². The van der Waals surface area contributed by atoms with Gasteiger partial charge in [-0.1, -0.05) is 0 Å². The molecule has 2 N–H and O–H groups in total. The van der Waals surface area contributed by atoms with Crippen molar-refractivity contribution in [2.75, 3.05) is 13.1 Å². The predicted octanol–water partition coefficient (Wildman–Crippen LogP) is -1.53. The molecule has 2 saturated heterocycles. The first-order chi connectivity index (χ1) is 6.16. The zero-order valence-corrected chi connectivity index (χ0v) is 7.19. The van der Waals surface area contributed by atoms with E-state index in [4.69, 9.17) is 0 Å². The fourth-order valence-electron chi connectivity index (χ4n) is 1.89. The molecule has 5 heteroatoms. The van der Waals surface area contributed by atoms with Crippen molar-refractivity contribution < 1.29 is 14.7 Å². The van der Waals surface area contributed by atoms with Crippen molar-refractivity contribution in [3.8, 4) is 0 Å². The van der Waals surface area contributed by atoms with E-state index in [1.807, 2.05) is 4.90 Å². The molecule has 13 heavy (non-hydrogen) atoms. The number of amides is 2. The number of β-amino-alcohol motifs (C(OH)–C–C–N with tert-alkyl or cyclic N) is 1. The Morgan fingerprint density at radius 2 is 2.23 bits per heavy atom. The average Bonchev–Trinajstić information content (AvgIpc) is 2.58. The van der Waals surface area contributed by atoms with E-state index < -0.39 is 0 Å². The molecule has 0 aromatic carbocycles. The van der Waals surface area contributed by atoms with Crippen molar-refractivity contribution in [2.24, 2.45) is 0 Å². The number of carbonyl (C=O) groups excluding carboxylic acids is 2. The van der Waals surface area contributed by atoms with Gasteiger partial charge in [0.05, 0.1) is 18.6 Å². The van der Waals surface area contributed by atoms with Gasteiger partial charge in [-0.3, -0.25) is 19.8 Å². The van der Waals surface area contributed by atoms with Gasteiger partial charge in [-0.25, -0.2) is 0 Å². The minimum atomic E-state index is -0.344. The summed E-state index contributed by atoms with van der Waals surface area (Å²) in [5, 5.41) is 11.5. The number of carbonyl (C=O) groups is 2.